The minimum atomic E-state index is -0.466. The van der Waals surface area contributed by atoms with Gasteiger partial charge in [0.2, 0.25) is 0 Å². The van der Waals surface area contributed by atoms with E-state index in [-0.39, 0.29) is 5.82 Å². The Balaban J connectivity index is 2.29. The zero-order valence-corrected chi connectivity index (χ0v) is 10.7. The second-order valence-electron chi connectivity index (χ2n) is 4.26. The van der Waals surface area contributed by atoms with Crippen molar-refractivity contribution < 1.29 is 13.9 Å². The molecule has 0 bridgehead atoms. The van der Waals surface area contributed by atoms with Crippen molar-refractivity contribution >= 4 is 11.5 Å². The van der Waals surface area contributed by atoms with Crippen LogP contribution >= 0.6 is 0 Å². The highest BCUT2D eigenvalue weighted by molar-refractivity contribution is 5.89. The van der Waals surface area contributed by atoms with E-state index in [0.717, 1.165) is 5.52 Å². The lowest BCUT2D eigenvalue weighted by atomic mass is 10.2. The number of hydrogen-bond acceptors (Lipinski definition) is 3. The molecule has 0 saturated carbocycles. The number of nitrogens with zero attached hydrogens (tertiary/aromatic N) is 2. The van der Waals surface area contributed by atoms with Crippen LogP contribution in [-0.4, -0.2) is 22.5 Å². The number of halogens is 1. The molecule has 1 aromatic carbocycles. The molecule has 3 aromatic rings. The molecule has 0 spiro atoms. The van der Waals surface area contributed by atoms with Crippen LogP contribution in [0.25, 0.3) is 16.9 Å². The van der Waals surface area contributed by atoms with Gasteiger partial charge >= 0.3 is 5.97 Å². The summed E-state index contributed by atoms with van der Waals surface area (Å²) in [5.74, 6) is -0.318. The summed E-state index contributed by atoms with van der Waals surface area (Å²) in [5.41, 5.74) is 1.69. The van der Waals surface area contributed by atoms with Crippen molar-refractivity contribution in [2.45, 2.75) is 0 Å². The van der Waals surface area contributed by atoms with Gasteiger partial charge < -0.3 is 4.74 Å². The van der Waals surface area contributed by atoms with E-state index >= 15 is 0 Å². The second kappa shape index (κ2) is 4.77. The Morgan fingerprint density at radius 2 is 2.05 bits per heavy atom. The van der Waals surface area contributed by atoms with Gasteiger partial charge in [-0.2, -0.15) is 0 Å². The number of imidazole rings is 1. The predicted octanol–water partition coefficient (Wildman–Crippen LogP) is 2.93. The highest BCUT2D eigenvalue weighted by Gasteiger charge is 2.15. The number of esters is 1. The smallest absolute Gasteiger partial charge is 0.355 e. The van der Waals surface area contributed by atoms with Gasteiger partial charge in [-0.25, -0.2) is 14.2 Å². The van der Waals surface area contributed by atoms with Crippen LogP contribution in [0, 0.1) is 5.82 Å². The summed E-state index contributed by atoms with van der Waals surface area (Å²) >= 11 is 0. The van der Waals surface area contributed by atoms with Crippen LogP contribution in [0.4, 0.5) is 4.39 Å². The molecular weight excluding hydrogens is 259 g/mol. The Labute approximate surface area is 114 Å². The lowest BCUT2D eigenvalue weighted by Crippen LogP contribution is -2.08. The number of pyridine rings is 1. The van der Waals surface area contributed by atoms with Crippen LogP contribution in [0.2, 0.25) is 0 Å². The molecule has 0 aliphatic heterocycles. The van der Waals surface area contributed by atoms with Crippen molar-refractivity contribution in [3.8, 4) is 11.4 Å². The summed E-state index contributed by atoms with van der Waals surface area (Å²) in [4.78, 5) is 16.1. The molecule has 3 rings (SSSR count). The third-order valence-electron chi connectivity index (χ3n) is 3.03. The first kappa shape index (κ1) is 12.3. The zero-order chi connectivity index (χ0) is 14.1. The molecule has 0 fully saturated rings. The molecule has 0 radical (unpaired) electrons. The zero-order valence-electron chi connectivity index (χ0n) is 10.7. The van der Waals surface area contributed by atoms with E-state index in [4.69, 9.17) is 4.74 Å². The fourth-order valence-corrected chi connectivity index (χ4v) is 2.14. The van der Waals surface area contributed by atoms with E-state index in [0.29, 0.717) is 17.1 Å². The van der Waals surface area contributed by atoms with E-state index in [1.165, 1.54) is 19.2 Å². The number of fused-ring (bicyclic) bond motifs is 1. The number of carbonyl (C=O) groups is 1. The number of aromatic nitrogens is 2. The summed E-state index contributed by atoms with van der Waals surface area (Å²) in [6.45, 7) is 0. The molecule has 5 heteroatoms. The van der Waals surface area contributed by atoms with Gasteiger partial charge in [-0.3, -0.25) is 4.40 Å². The molecule has 100 valence electrons. The third kappa shape index (κ3) is 1.93. The van der Waals surface area contributed by atoms with Crippen LogP contribution in [0.3, 0.4) is 0 Å². The molecule has 20 heavy (non-hydrogen) atoms. The van der Waals surface area contributed by atoms with Crippen LogP contribution in [0.1, 0.15) is 10.5 Å². The molecule has 0 atom stereocenters. The first-order valence-corrected chi connectivity index (χ1v) is 6.01. The van der Waals surface area contributed by atoms with Crippen molar-refractivity contribution in [1.82, 2.24) is 9.38 Å². The largest absolute Gasteiger partial charge is 0.464 e. The number of benzene rings is 1. The number of hydrogen-bond donors (Lipinski definition) is 0. The summed E-state index contributed by atoms with van der Waals surface area (Å²) < 4.78 is 19.8. The molecule has 0 aliphatic carbocycles. The van der Waals surface area contributed by atoms with E-state index in [1.54, 1.807) is 34.9 Å². The van der Waals surface area contributed by atoms with Gasteiger partial charge in [-0.1, -0.05) is 18.2 Å². The second-order valence-corrected chi connectivity index (χ2v) is 4.26. The molecular formula is C15H11FN2O2. The average molecular weight is 270 g/mol. The van der Waals surface area contributed by atoms with Crippen molar-refractivity contribution in [1.29, 1.82) is 0 Å². The van der Waals surface area contributed by atoms with E-state index in [9.17, 15) is 9.18 Å². The van der Waals surface area contributed by atoms with Gasteiger partial charge in [0.05, 0.1) is 18.8 Å². The van der Waals surface area contributed by atoms with Crippen molar-refractivity contribution in [3.05, 3.63) is 60.2 Å². The Kier molecular flexibility index (Phi) is 2.95. The van der Waals surface area contributed by atoms with Gasteiger partial charge in [0.15, 0.2) is 0 Å². The standard InChI is InChI=1S/C15H11FN2O2/c1-20-15(19)13-7-3-6-12-9-17-14(18(12)13)10-4-2-5-11(16)8-10/h2-9H,1H3. The van der Waals surface area contributed by atoms with Crippen molar-refractivity contribution in [3.63, 3.8) is 0 Å². The third-order valence-corrected chi connectivity index (χ3v) is 3.03. The van der Waals surface area contributed by atoms with Crippen molar-refractivity contribution in [2.24, 2.45) is 0 Å². The molecule has 0 unspecified atom stereocenters. The van der Waals surface area contributed by atoms with Crippen LogP contribution < -0.4 is 0 Å². The topological polar surface area (TPSA) is 43.6 Å². The fourth-order valence-electron chi connectivity index (χ4n) is 2.14. The van der Waals surface area contributed by atoms with E-state index in [2.05, 4.69) is 4.98 Å². The molecule has 0 aliphatic rings. The molecule has 4 nitrogen and oxygen atoms in total. The summed E-state index contributed by atoms with van der Waals surface area (Å²) in [6, 6.07) is 11.3. The summed E-state index contributed by atoms with van der Waals surface area (Å²) in [5, 5.41) is 0. The number of methoxy groups -OCH3 is 1. The van der Waals surface area contributed by atoms with Gasteiger partial charge in [-0.15, -0.1) is 0 Å². The number of ether oxygens (including phenoxy) is 1. The Morgan fingerprint density at radius 3 is 2.80 bits per heavy atom. The maximum atomic E-state index is 13.4. The average Bonchev–Trinajstić information content (AvgIpc) is 2.90. The normalized spacial score (nSPS) is 10.7. The maximum absolute atomic E-state index is 13.4. The number of rotatable bonds is 2. The molecule has 2 aromatic heterocycles. The lowest BCUT2D eigenvalue weighted by Gasteiger charge is -2.07. The van der Waals surface area contributed by atoms with E-state index < -0.39 is 5.97 Å². The fraction of sp³-hybridized carbons (Fsp3) is 0.0667. The minimum Gasteiger partial charge on any atom is -0.464 e. The van der Waals surface area contributed by atoms with Crippen LogP contribution in [0.5, 0.6) is 0 Å². The number of carbonyl (C=O) groups excluding carboxylic acids is 1. The van der Waals surface area contributed by atoms with Crippen LogP contribution in [-0.2, 0) is 4.74 Å². The monoisotopic (exact) mass is 270 g/mol. The van der Waals surface area contributed by atoms with Gasteiger partial charge in [0, 0.05) is 5.56 Å². The van der Waals surface area contributed by atoms with Crippen molar-refractivity contribution in [2.75, 3.05) is 7.11 Å². The first-order chi connectivity index (χ1) is 9.70. The quantitative estimate of drug-likeness (QED) is 0.672. The van der Waals surface area contributed by atoms with Crippen LogP contribution in [0.15, 0.2) is 48.7 Å². The highest BCUT2D eigenvalue weighted by Crippen LogP contribution is 2.22. The summed E-state index contributed by atoms with van der Waals surface area (Å²) in [7, 11) is 1.32. The van der Waals surface area contributed by atoms with Gasteiger partial charge in [-0.05, 0) is 24.3 Å². The Morgan fingerprint density at radius 1 is 1.25 bits per heavy atom. The van der Waals surface area contributed by atoms with E-state index in [1.807, 2.05) is 6.07 Å². The molecule has 0 N–H and O–H groups in total. The lowest BCUT2D eigenvalue weighted by molar-refractivity contribution is 0.0592. The maximum Gasteiger partial charge on any atom is 0.355 e. The Bertz CT molecular complexity index is 795. The SMILES string of the molecule is COC(=O)c1cccc2cnc(-c3cccc(F)c3)n12. The predicted molar refractivity (Wildman–Crippen MR) is 71.9 cm³/mol. The first-order valence-electron chi connectivity index (χ1n) is 6.01. The summed E-state index contributed by atoms with van der Waals surface area (Å²) in [6.07, 6.45) is 1.63. The molecule has 2 heterocycles. The van der Waals surface area contributed by atoms with Gasteiger partial charge in [0.1, 0.15) is 17.3 Å². The highest BCUT2D eigenvalue weighted by atomic mass is 19.1. The minimum absolute atomic E-state index is 0.349. The van der Waals surface area contributed by atoms with Gasteiger partial charge in [0.25, 0.3) is 0 Å². The molecule has 0 amide bonds. The molecule has 0 saturated heterocycles. The Hall–Kier alpha value is -2.69.